The molecule has 1 N–H and O–H groups in total. The van der Waals surface area contributed by atoms with Crippen molar-refractivity contribution in [1.29, 1.82) is 0 Å². The lowest BCUT2D eigenvalue weighted by Gasteiger charge is -2.29. The number of hydrogen-bond acceptors (Lipinski definition) is 9. The Kier molecular flexibility index (Phi) is 5.71. The van der Waals surface area contributed by atoms with E-state index in [4.69, 9.17) is 18.9 Å². The molecule has 0 unspecified atom stereocenters. The van der Waals surface area contributed by atoms with Crippen LogP contribution in [0.3, 0.4) is 0 Å². The average Bonchev–Trinajstić information content (AvgIpc) is 2.58. The molecule has 0 bridgehead atoms. The molecule has 9 nitrogen and oxygen atoms in total. The Morgan fingerprint density at radius 2 is 1.81 bits per heavy atom. The predicted molar refractivity (Wildman–Crippen MR) is 88.5 cm³/mol. The number of esters is 3. The normalized spacial score (nSPS) is 15.5. The SMILES string of the molecule is COC(=O)COc1ccc(NC=C2C(=O)OC(C)(C)OC2=O)cc1OC. The first-order valence-corrected chi connectivity index (χ1v) is 7.57. The van der Waals surface area contributed by atoms with Gasteiger partial charge in [0.2, 0.25) is 0 Å². The Bertz CT molecular complexity index is 731. The van der Waals surface area contributed by atoms with E-state index in [1.807, 2.05) is 0 Å². The fourth-order valence-corrected chi connectivity index (χ4v) is 2.01. The van der Waals surface area contributed by atoms with Gasteiger partial charge in [-0.2, -0.15) is 0 Å². The third-order valence-electron chi connectivity index (χ3n) is 3.24. The molecule has 9 heteroatoms. The molecule has 2 rings (SSSR count). The summed E-state index contributed by atoms with van der Waals surface area (Å²) in [6, 6.07) is 4.73. The second-order valence-corrected chi connectivity index (χ2v) is 5.61. The number of methoxy groups -OCH3 is 2. The van der Waals surface area contributed by atoms with Crippen LogP contribution in [-0.4, -0.2) is 44.5 Å². The molecule has 0 aliphatic carbocycles. The molecule has 0 spiro atoms. The number of nitrogens with one attached hydrogen (secondary N) is 1. The van der Waals surface area contributed by atoms with Gasteiger partial charge in [-0.15, -0.1) is 0 Å². The Hall–Kier alpha value is -3.23. The number of rotatable bonds is 6. The molecular formula is C17H19NO8. The number of cyclic esters (lactones) is 2. The van der Waals surface area contributed by atoms with E-state index in [0.29, 0.717) is 17.2 Å². The molecule has 0 aromatic heterocycles. The third kappa shape index (κ3) is 4.65. The number of carbonyl (C=O) groups is 3. The maximum absolute atomic E-state index is 11.9. The van der Waals surface area contributed by atoms with Crippen molar-refractivity contribution in [2.75, 3.05) is 26.1 Å². The van der Waals surface area contributed by atoms with Crippen LogP contribution in [0.25, 0.3) is 0 Å². The largest absolute Gasteiger partial charge is 0.493 e. The zero-order chi connectivity index (χ0) is 19.3. The third-order valence-corrected chi connectivity index (χ3v) is 3.24. The van der Waals surface area contributed by atoms with Gasteiger partial charge in [-0.25, -0.2) is 14.4 Å². The zero-order valence-corrected chi connectivity index (χ0v) is 14.8. The minimum atomic E-state index is -1.30. The first-order valence-electron chi connectivity index (χ1n) is 7.57. The number of anilines is 1. The first-order chi connectivity index (χ1) is 12.3. The summed E-state index contributed by atoms with van der Waals surface area (Å²) in [5.41, 5.74) is 0.236. The van der Waals surface area contributed by atoms with Crippen LogP contribution in [0.15, 0.2) is 30.0 Å². The van der Waals surface area contributed by atoms with Crippen molar-refractivity contribution in [2.24, 2.45) is 0 Å². The lowest BCUT2D eigenvalue weighted by Crippen LogP contribution is -2.42. The van der Waals surface area contributed by atoms with Crippen molar-refractivity contribution in [1.82, 2.24) is 0 Å². The van der Waals surface area contributed by atoms with Crippen molar-refractivity contribution in [2.45, 2.75) is 19.6 Å². The van der Waals surface area contributed by atoms with Gasteiger partial charge in [-0.1, -0.05) is 0 Å². The molecule has 1 saturated heterocycles. The van der Waals surface area contributed by atoms with Crippen LogP contribution in [0.4, 0.5) is 5.69 Å². The van der Waals surface area contributed by atoms with Crippen LogP contribution >= 0.6 is 0 Å². The van der Waals surface area contributed by atoms with E-state index < -0.39 is 23.7 Å². The molecule has 0 radical (unpaired) electrons. The van der Waals surface area contributed by atoms with Gasteiger partial charge in [-0.05, 0) is 12.1 Å². The summed E-state index contributed by atoms with van der Waals surface area (Å²) < 4.78 is 25.0. The van der Waals surface area contributed by atoms with Crippen LogP contribution in [0, 0.1) is 0 Å². The first kappa shape index (κ1) is 19.1. The van der Waals surface area contributed by atoms with Crippen LogP contribution < -0.4 is 14.8 Å². The number of benzene rings is 1. The molecule has 1 aromatic rings. The van der Waals surface area contributed by atoms with Gasteiger partial charge in [0.25, 0.3) is 5.79 Å². The van der Waals surface area contributed by atoms with Crippen LogP contribution in [-0.2, 0) is 28.6 Å². The Morgan fingerprint density at radius 1 is 1.15 bits per heavy atom. The summed E-state index contributed by atoms with van der Waals surface area (Å²) in [6.45, 7) is 2.66. The maximum Gasteiger partial charge on any atom is 0.350 e. The molecule has 1 heterocycles. The molecule has 0 amide bonds. The lowest BCUT2D eigenvalue weighted by molar-refractivity contribution is -0.222. The zero-order valence-electron chi connectivity index (χ0n) is 14.8. The standard InChI is InChI=1S/C17H19NO8/c1-17(2)25-15(20)11(16(21)26-17)8-18-10-5-6-12(13(7-10)22-3)24-9-14(19)23-4/h5-8,18H,9H2,1-4H3. The fourth-order valence-electron chi connectivity index (χ4n) is 2.01. The van der Waals surface area contributed by atoms with Crippen molar-refractivity contribution < 1.29 is 38.1 Å². The monoisotopic (exact) mass is 365 g/mol. The Balaban J connectivity index is 2.11. The molecule has 1 fully saturated rings. The number of ether oxygens (including phenoxy) is 5. The summed E-state index contributed by atoms with van der Waals surface area (Å²) in [7, 11) is 2.69. The Morgan fingerprint density at radius 3 is 2.38 bits per heavy atom. The van der Waals surface area contributed by atoms with Gasteiger partial charge in [0, 0.05) is 31.8 Å². The maximum atomic E-state index is 11.9. The van der Waals surface area contributed by atoms with E-state index >= 15 is 0 Å². The molecule has 1 aliphatic rings. The highest BCUT2D eigenvalue weighted by Gasteiger charge is 2.38. The minimum Gasteiger partial charge on any atom is -0.493 e. The van der Waals surface area contributed by atoms with Crippen LogP contribution in [0.1, 0.15) is 13.8 Å². The average molecular weight is 365 g/mol. The molecule has 1 aliphatic heterocycles. The van der Waals surface area contributed by atoms with E-state index in [1.54, 1.807) is 18.2 Å². The second kappa shape index (κ2) is 7.77. The van der Waals surface area contributed by atoms with Crippen LogP contribution in [0.2, 0.25) is 0 Å². The topological polar surface area (TPSA) is 109 Å². The molecule has 1 aromatic carbocycles. The summed E-state index contributed by atoms with van der Waals surface area (Å²) in [4.78, 5) is 34.9. The van der Waals surface area contributed by atoms with Crippen molar-refractivity contribution >= 4 is 23.6 Å². The summed E-state index contributed by atoms with van der Waals surface area (Å²) in [5.74, 6) is -2.74. The van der Waals surface area contributed by atoms with Gasteiger partial charge in [0.1, 0.15) is 0 Å². The summed E-state index contributed by atoms with van der Waals surface area (Å²) in [5, 5.41) is 2.79. The molecule has 0 atom stereocenters. The van der Waals surface area contributed by atoms with E-state index in [0.717, 1.165) is 0 Å². The quantitative estimate of drug-likeness (QED) is 0.454. The highest BCUT2D eigenvalue weighted by atomic mass is 16.7. The van der Waals surface area contributed by atoms with E-state index in [2.05, 4.69) is 10.1 Å². The van der Waals surface area contributed by atoms with Gasteiger partial charge in [0.05, 0.1) is 14.2 Å². The highest BCUT2D eigenvalue weighted by Crippen LogP contribution is 2.30. The smallest absolute Gasteiger partial charge is 0.350 e. The van der Waals surface area contributed by atoms with Crippen molar-refractivity contribution in [3.63, 3.8) is 0 Å². The fraction of sp³-hybridized carbons (Fsp3) is 0.353. The Labute approximate surface area is 149 Å². The summed E-state index contributed by atoms with van der Waals surface area (Å²) in [6.07, 6.45) is 1.18. The molecular weight excluding hydrogens is 346 g/mol. The van der Waals surface area contributed by atoms with Gasteiger partial charge >= 0.3 is 17.9 Å². The van der Waals surface area contributed by atoms with Gasteiger partial charge in [-0.3, -0.25) is 0 Å². The lowest BCUT2D eigenvalue weighted by atomic mass is 10.2. The molecule has 0 saturated carbocycles. The van der Waals surface area contributed by atoms with Crippen molar-refractivity contribution in [3.8, 4) is 11.5 Å². The predicted octanol–water partition coefficient (Wildman–Crippen LogP) is 1.38. The van der Waals surface area contributed by atoms with Gasteiger partial charge in [0.15, 0.2) is 23.7 Å². The molecule has 26 heavy (non-hydrogen) atoms. The van der Waals surface area contributed by atoms with E-state index in [9.17, 15) is 14.4 Å². The minimum absolute atomic E-state index is 0.267. The number of carbonyl (C=O) groups excluding carboxylic acids is 3. The second-order valence-electron chi connectivity index (χ2n) is 5.61. The molecule has 140 valence electrons. The van der Waals surface area contributed by atoms with Gasteiger partial charge < -0.3 is 29.0 Å². The van der Waals surface area contributed by atoms with Crippen molar-refractivity contribution in [3.05, 3.63) is 30.0 Å². The van der Waals surface area contributed by atoms with E-state index in [-0.39, 0.29) is 12.2 Å². The summed E-state index contributed by atoms with van der Waals surface area (Å²) >= 11 is 0. The van der Waals surface area contributed by atoms with Crippen LogP contribution in [0.5, 0.6) is 11.5 Å². The highest BCUT2D eigenvalue weighted by molar-refractivity contribution is 6.15. The number of hydrogen-bond donors (Lipinski definition) is 1. The van der Waals surface area contributed by atoms with E-state index in [1.165, 1.54) is 34.3 Å².